The number of hydrogen-bond donors (Lipinski definition) is 2. The Hall–Kier alpha value is -3.00. The largest absolute Gasteiger partial charge is 0.469 e. The lowest BCUT2D eigenvalue weighted by molar-refractivity contribution is -0.00778. The summed E-state index contributed by atoms with van der Waals surface area (Å²) in [5, 5.41) is 6.37. The number of halogens is 2. The number of nitrogens with zero attached hydrogens (tertiary/aromatic N) is 3. The molecule has 2 N–H and O–H groups in total. The number of hydrogen-bond acceptors (Lipinski definition) is 6. The molecule has 1 aromatic carbocycles. The van der Waals surface area contributed by atoms with Gasteiger partial charge in [0.15, 0.2) is 17.5 Å². The molecule has 170 valence electrons. The first kappa shape index (κ1) is 22.2. The van der Waals surface area contributed by atoms with Crippen molar-refractivity contribution in [3.8, 4) is 11.1 Å². The molecule has 0 saturated carbocycles. The molecule has 1 aliphatic heterocycles. The molecule has 0 spiro atoms. The summed E-state index contributed by atoms with van der Waals surface area (Å²) in [4.78, 5) is 10.8. The van der Waals surface area contributed by atoms with E-state index in [1.54, 1.807) is 18.2 Å². The highest BCUT2D eigenvalue weighted by Gasteiger charge is 2.43. The van der Waals surface area contributed by atoms with Crippen LogP contribution < -0.4 is 10.6 Å². The summed E-state index contributed by atoms with van der Waals surface area (Å²) in [6.07, 6.45) is 5.29. The van der Waals surface area contributed by atoms with Crippen molar-refractivity contribution in [3.63, 3.8) is 0 Å². The van der Waals surface area contributed by atoms with Crippen LogP contribution in [0, 0.1) is 11.6 Å². The maximum Gasteiger partial charge on any atom is 0.229 e. The predicted octanol–water partition coefficient (Wildman–Crippen LogP) is 5.82. The average Bonchev–Trinajstić information content (AvgIpc) is 3.14. The van der Waals surface area contributed by atoms with E-state index in [-0.39, 0.29) is 28.9 Å². The van der Waals surface area contributed by atoms with Crippen molar-refractivity contribution in [1.29, 1.82) is 0 Å². The van der Waals surface area contributed by atoms with Crippen LogP contribution in [-0.4, -0.2) is 39.0 Å². The van der Waals surface area contributed by atoms with Crippen LogP contribution in [0.15, 0.2) is 47.4 Å². The zero-order valence-corrected chi connectivity index (χ0v) is 19.0. The van der Waals surface area contributed by atoms with E-state index in [2.05, 4.69) is 60.2 Å². The van der Waals surface area contributed by atoms with Crippen LogP contribution in [-0.2, 0) is 0 Å². The Labute approximate surface area is 187 Å². The average molecular weight is 442 g/mol. The molecule has 6 nitrogen and oxygen atoms in total. The minimum Gasteiger partial charge on any atom is -0.469 e. The molecule has 1 saturated heterocycles. The van der Waals surface area contributed by atoms with Gasteiger partial charge in [-0.2, -0.15) is 4.98 Å². The fraction of sp³-hybridized carbons (Fsp3) is 0.417. The standard InChI is InChI=1S/C24H29F2N5O/c1-23(2)10-17(11-24(3,4)31(23)5)28-21-19(25)12-27-22(30-21)29-16-8-6-7-15(9-16)18-13-32-14-20(18)26/h6-9,12-14,17H,10-11H2,1-5H3,(H2,27,28,29,30). The molecule has 3 heterocycles. The molecule has 0 atom stereocenters. The topological polar surface area (TPSA) is 66.2 Å². The molecular weight excluding hydrogens is 412 g/mol. The first-order chi connectivity index (χ1) is 15.0. The first-order valence-electron chi connectivity index (χ1n) is 10.7. The van der Waals surface area contributed by atoms with Crippen LogP contribution in [0.1, 0.15) is 40.5 Å². The SMILES string of the molecule is CN1C(C)(C)CC(Nc2nc(Nc3cccc(-c4cocc4F)c3)ncc2F)CC1(C)C. The van der Waals surface area contributed by atoms with Gasteiger partial charge in [0.2, 0.25) is 5.95 Å². The van der Waals surface area contributed by atoms with Crippen LogP contribution in [0.3, 0.4) is 0 Å². The summed E-state index contributed by atoms with van der Waals surface area (Å²) in [5.41, 5.74) is 1.60. The van der Waals surface area contributed by atoms with E-state index in [0.29, 0.717) is 16.8 Å². The number of rotatable bonds is 5. The quantitative estimate of drug-likeness (QED) is 0.520. The van der Waals surface area contributed by atoms with Gasteiger partial charge in [0.05, 0.1) is 11.8 Å². The highest BCUT2D eigenvalue weighted by Crippen LogP contribution is 2.38. The van der Waals surface area contributed by atoms with E-state index >= 15 is 0 Å². The molecule has 8 heteroatoms. The molecule has 1 fully saturated rings. The van der Waals surface area contributed by atoms with Crippen molar-refractivity contribution in [3.05, 3.63) is 54.6 Å². The Kier molecular flexibility index (Phi) is 5.67. The number of benzene rings is 1. The highest BCUT2D eigenvalue weighted by molar-refractivity contribution is 5.69. The molecule has 32 heavy (non-hydrogen) atoms. The number of anilines is 3. The van der Waals surface area contributed by atoms with Crippen molar-refractivity contribution in [2.75, 3.05) is 17.7 Å². The zero-order chi connectivity index (χ0) is 23.1. The summed E-state index contributed by atoms with van der Waals surface area (Å²) < 4.78 is 33.3. The van der Waals surface area contributed by atoms with Gasteiger partial charge in [-0.15, -0.1) is 0 Å². The normalized spacial score (nSPS) is 18.5. The summed E-state index contributed by atoms with van der Waals surface area (Å²) >= 11 is 0. The van der Waals surface area contributed by atoms with Gasteiger partial charge in [0.1, 0.15) is 12.5 Å². The van der Waals surface area contributed by atoms with E-state index in [9.17, 15) is 8.78 Å². The summed E-state index contributed by atoms with van der Waals surface area (Å²) in [5.74, 6) is -0.513. The monoisotopic (exact) mass is 441 g/mol. The Morgan fingerprint density at radius 1 is 1.06 bits per heavy atom. The second kappa shape index (κ2) is 8.16. The summed E-state index contributed by atoms with van der Waals surface area (Å²) in [6, 6.07) is 7.20. The lowest BCUT2D eigenvalue weighted by Crippen LogP contribution is -2.61. The number of nitrogens with one attached hydrogen (secondary N) is 2. The van der Waals surface area contributed by atoms with Crippen molar-refractivity contribution < 1.29 is 13.2 Å². The molecule has 1 aliphatic rings. The molecule has 0 radical (unpaired) electrons. The molecule has 0 aliphatic carbocycles. The van der Waals surface area contributed by atoms with E-state index < -0.39 is 11.6 Å². The van der Waals surface area contributed by atoms with Crippen LogP contribution in [0.5, 0.6) is 0 Å². The molecular formula is C24H29F2N5O. The fourth-order valence-electron chi connectivity index (χ4n) is 4.58. The highest BCUT2D eigenvalue weighted by atomic mass is 19.1. The Morgan fingerprint density at radius 2 is 1.78 bits per heavy atom. The first-order valence-corrected chi connectivity index (χ1v) is 10.7. The summed E-state index contributed by atoms with van der Waals surface area (Å²) in [6.45, 7) is 8.78. The smallest absolute Gasteiger partial charge is 0.229 e. The maximum atomic E-state index is 14.5. The second-order valence-electron chi connectivity index (χ2n) is 9.66. The third-order valence-electron chi connectivity index (χ3n) is 6.44. The number of piperidine rings is 1. The van der Waals surface area contributed by atoms with Crippen LogP contribution in [0.25, 0.3) is 11.1 Å². The van der Waals surface area contributed by atoms with Gasteiger partial charge in [-0.05, 0) is 65.3 Å². The van der Waals surface area contributed by atoms with Crippen LogP contribution in [0.4, 0.5) is 26.2 Å². The van der Waals surface area contributed by atoms with Gasteiger partial charge in [0, 0.05) is 22.8 Å². The predicted molar refractivity (Wildman–Crippen MR) is 122 cm³/mol. The van der Waals surface area contributed by atoms with Gasteiger partial charge in [-0.1, -0.05) is 12.1 Å². The Bertz CT molecular complexity index is 1090. The second-order valence-corrected chi connectivity index (χ2v) is 9.66. The third kappa shape index (κ3) is 4.46. The fourth-order valence-corrected chi connectivity index (χ4v) is 4.58. The van der Waals surface area contributed by atoms with Crippen molar-refractivity contribution >= 4 is 17.5 Å². The number of furan rings is 1. The van der Waals surface area contributed by atoms with Gasteiger partial charge in [-0.3, -0.25) is 4.90 Å². The van der Waals surface area contributed by atoms with Gasteiger partial charge >= 0.3 is 0 Å². The molecule has 4 rings (SSSR count). The lowest BCUT2D eigenvalue weighted by atomic mass is 9.77. The van der Waals surface area contributed by atoms with E-state index in [1.807, 2.05) is 6.07 Å². The number of likely N-dealkylation sites (tertiary alicyclic amines) is 1. The molecule has 0 amide bonds. The van der Waals surface area contributed by atoms with Crippen molar-refractivity contribution in [2.24, 2.45) is 0 Å². The van der Waals surface area contributed by atoms with Gasteiger partial charge in [0.25, 0.3) is 0 Å². The van der Waals surface area contributed by atoms with Crippen molar-refractivity contribution in [2.45, 2.75) is 57.7 Å². The summed E-state index contributed by atoms with van der Waals surface area (Å²) in [7, 11) is 2.13. The van der Waals surface area contributed by atoms with Gasteiger partial charge < -0.3 is 15.1 Å². The maximum absolute atomic E-state index is 14.5. The van der Waals surface area contributed by atoms with Crippen LogP contribution >= 0.6 is 0 Å². The van der Waals surface area contributed by atoms with Crippen molar-refractivity contribution in [1.82, 2.24) is 14.9 Å². The Morgan fingerprint density at radius 3 is 2.44 bits per heavy atom. The zero-order valence-electron chi connectivity index (χ0n) is 19.0. The van der Waals surface area contributed by atoms with Crippen LogP contribution in [0.2, 0.25) is 0 Å². The molecule has 3 aromatic rings. The van der Waals surface area contributed by atoms with Gasteiger partial charge in [-0.25, -0.2) is 13.8 Å². The minimum atomic E-state index is -0.501. The van der Waals surface area contributed by atoms with E-state index in [4.69, 9.17) is 4.42 Å². The minimum absolute atomic E-state index is 0.0349. The third-order valence-corrected chi connectivity index (χ3v) is 6.44. The number of aromatic nitrogens is 2. The van der Waals surface area contributed by atoms with E-state index in [1.165, 1.54) is 6.26 Å². The molecule has 0 bridgehead atoms. The molecule has 2 aromatic heterocycles. The lowest BCUT2D eigenvalue weighted by Gasteiger charge is -2.53. The molecule has 0 unspecified atom stereocenters. The Balaban J connectivity index is 1.53. The van der Waals surface area contributed by atoms with E-state index in [0.717, 1.165) is 25.3 Å².